The number of carbonyl (C=O) groups excluding carboxylic acids is 1. The van der Waals surface area contributed by atoms with Crippen LogP contribution >= 0.6 is 0 Å². The van der Waals surface area contributed by atoms with Gasteiger partial charge in [0.2, 0.25) is 0 Å². The molecule has 0 atom stereocenters. The van der Waals surface area contributed by atoms with Crippen LogP contribution < -0.4 is 15.3 Å². The Morgan fingerprint density at radius 3 is 2.36 bits per heavy atom. The molecule has 0 radical (unpaired) electrons. The number of ether oxygens (including phenoxy) is 1. The fourth-order valence-electron chi connectivity index (χ4n) is 4.39. The largest absolute Gasteiger partial charge is 0.492 e. The van der Waals surface area contributed by atoms with Gasteiger partial charge in [0, 0.05) is 31.7 Å². The Hall–Kier alpha value is -4.00. The first-order valence-electron chi connectivity index (χ1n) is 11.2. The standard InChI is InChI=1S/C26H26N4O3/c1-2-33-24-10-6-5-9-23(24)28-15-17-29(18-16-28)25(31)19-11-13-20(14-12-19)30-22-8-4-3-7-21(22)27-26(30)32/h3-14H,2,15-18H2,1H3,(H,27,32). The molecule has 1 saturated heterocycles. The molecule has 0 saturated carbocycles. The van der Waals surface area contributed by atoms with E-state index in [1.54, 1.807) is 16.7 Å². The lowest BCUT2D eigenvalue weighted by Crippen LogP contribution is -2.48. The first-order chi connectivity index (χ1) is 16.2. The molecule has 1 aromatic heterocycles. The van der Waals surface area contributed by atoms with E-state index in [4.69, 9.17) is 4.74 Å². The Morgan fingerprint density at radius 1 is 0.909 bits per heavy atom. The van der Waals surface area contributed by atoms with E-state index in [1.165, 1.54) is 0 Å². The highest BCUT2D eigenvalue weighted by atomic mass is 16.5. The molecule has 1 aliphatic heterocycles. The van der Waals surface area contributed by atoms with Gasteiger partial charge in [-0.2, -0.15) is 0 Å². The van der Waals surface area contributed by atoms with Crippen LogP contribution in [0.5, 0.6) is 5.75 Å². The second kappa shape index (κ2) is 8.86. The maximum absolute atomic E-state index is 13.1. The van der Waals surface area contributed by atoms with Gasteiger partial charge in [0.1, 0.15) is 5.75 Å². The zero-order valence-corrected chi connectivity index (χ0v) is 18.5. The van der Waals surface area contributed by atoms with Gasteiger partial charge in [0.05, 0.1) is 29.0 Å². The van der Waals surface area contributed by atoms with Crippen LogP contribution in [0.3, 0.4) is 0 Å². The van der Waals surface area contributed by atoms with E-state index in [1.807, 2.05) is 66.4 Å². The Balaban J connectivity index is 1.29. The average molecular weight is 443 g/mol. The number of amides is 1. The lowest BCUT2D eigenvalue weighted by Gasteiger charge is -2.36. The predicted molar refractivity (Wildman–Crippen MR) is 130 cm³/mol. The molecule has 5 rings (SSSR count). The minimum atomic E-state index is -0.196. The van der Waals surface area contributed by atoms with Crippen molar-refractivity contribution in [2.45, 2.75) is 6.92 Å². The van der Waals surface area contributed by atoms with Gasteiger partial charge in [-0.3, -0.25) is 9.36 Å². The molecular formula is C26H26N4O3. The predicted octanol–water partition coefficient (Wildman–Crippen LogP) is 3.68. The third-order valence-electron chi connectivity index (χ3n) is 6.03. The molecule has 4 aromatic rings. The number of piperazine rings is 1. The van der Waals surface area contributed by atoms with Crippen molar-refractivity contribution in [1.29, 1.82) is 0 Å². The number of nitrogens with zero attached hydrogens (tertiary/aromatic N) is 3. The van der Waals surface area contributed by atoms with Crippen LogP contribution in [0.1, 0.15) is 17.3 Å². The van der Waals surface area contributed by atoms with Gasteiger partial charge in [-0.25, -0.2) is 4.79 Å². The number of fused-ring (bicyclic) bond motifs is 1. The fraction of sp³-hybridized carbons (Fsp3) is 0.231. The molecule has 3 aromatic carbocycles. The zero-order chi connectivity index (χ0) is 22.8. The second-order valence-electron chi connectivity index (χ2n) is 8.01. The van der Waals surface area contributed by atoms with Gasteiger partial charge in [-0.1, -0.05) is 24.3 Å². The minimum absolute atomic E-state index is 0.00515. The van der Waals surface area contributed by atoms with Gasteiger partial charge in [-0.05, 0) is 55.5 Å². The Labute approximate surface area is 191 Å². The molecule has 168 valence electrons. The van der Waals surface area contributed by atoms with Crippen molar-refractivity contribution in [3.63, 3.8) is 0 Å². The topological polar surface area (TPSA) is 70.6 Å². The first kappa shape index (κ1) is 20.9. The summed E-state index contributed by atoms with van der Waals surface area (Å²) in [5.74, 6) is 0.883. The minimum Gasteiger partial charge on any atom is -0.492 e. The highest BCUT2D eigenvalue weighted by molar-refractivity contribution is 5.94. The molecule has 2 heterocycles. The van der Waals surface area contributed by atoms with Gasteiger partial charge >= 0.3 is 5.69 Å². The van der Waals surface area contributed by atoms with Crippen molar-refractivity contribution in [1.82, 2.24) is 14.5 Å². The molecule has 1 fully saturated rings. The molecule has 1 aliphatic rings. The number of anilines is 1. The lowest BCUT2D eigenvalue weighted by molar-refractivity contribution is 0.0746. The quantitative estimate of drug-likeness (QED) is 0.512. The molecule has 1 amide bonds. The number of hydrogen-bond donors (Lipinski definition) is 1. The molecule has 0 bridgehead atoms. The van der Waals surface area contributed by atoms with Crippen LogP contribution in [0.4, 0.5) is 5.69 Å². The molecule has 0 unspecified atom stereocenters. The Morgan fingerprint density at radius 2 is 1.61 bits per heavy atom. The van der Waals surface area contributed by atoms with Gasteiger partial charge in [-0.15, -0.1) is 0 Å². The molecule has 7 nitrogen and oxygen atoms in total. The van der Waals surface area contributed by atoms with Crippen molar-refractivity contribution in [3.8, 4) is 11.4 Å². The van der Waals surface area contributed by atoms with E-state index >= 15 is 0 Å². The normalized spacial score (nSPS) is 14.0. The van der Waals surface area contributed by atoms with Gasteiger partial charge in [0.15, 0.2) is 0 Å². The summed E-state index contributed by atoms with van der Waals surface area (Å²) in [6.45, 7) is 5.38. The monoisotopic (exact) mass is 442 g/mol. The number of carbonyl (C=O) groups is 1. The van der Waals surface area contributed by atoms with E-state index in [0.717, 1.165) is 41.2 Å². The summed E-state index contributed by atoms with van der Waals surface area (Å²) in [7, 11) is 0. The third kappa shape index (κ3) is 3.98. The summed E-state index contributed by atoms with van der Waals surface area (Å²) in [6, 6.07) is 22.8. The molecule has 7 heteroatoms. The molecule has 0 aliphatic carbocycles. The second-order valence-corrected chi connectivity index (χ2v) is 8.01. The Kier molecular flexibility index (Phi) is 5.60. The van der Waals surface area contributed by atoms with Crippen molar-refractivity contribution >= 4 is 22.6 Å². The number of para-hydroxylation sites is 4. The van der Waals surface area contributed by atoms with E-state index in [0.29, 0.717) is 25.3 Å². The van der Waals surface area contributed by atoms with Crippen molar-refractivity contribution in [2.24, 2.45) is 0 Å². The molecule has 33 heavy (non-hydrogen) atoms. The van der Waals surface area contributed by atoms with Crippen LogP contribution in [-0.4, -0.2) is 53.1 Å². The zero-order valence-electron chi connectivity index (χ0n) is 18.5. The summed E-state index contributed by atoms with van der Waals surface area (Å²) in [5, 5.41) is 0. The highest BCUT2D eigenvalue weighted by Gasteiger charge is 2.24. The number of nitrogens with one attached hydrogen (secondary N) is 1. The van der Waals surface area contributed by atoms with Gasteiger partial charge < -0.3 is 19.5 Å². The maximum atomic E-state index is 13.1. The van der Waals surface area contributed by atoms with Gasteiger partial charge in [0.25, 0.3) is 5.91 Å². The summed E-state index contributed by atoms with van der Waals surface area (Å²) in [6.07, 6.45) is 0. The fourth-order valence-corrected chi connectivity index (χ4v) is 4.39. The third-order valence-corrected chi connectivity index (χ3v) is 6.03. The first-order valence-corrected chi connectivity index (χ1v) is 11.2. The van der Waals surface area contributed by atoms with Crippen molar-refractivity contribution < 1.29 is 9.53 Å². The van der Waals surface area contributed by atoms with Crippen LogP contribution in [-0.2, 0) is 0 Å². The summed E-state index contributed by atoms with van der Waals surface area (Å²) < 4.78 is 7.39. The maximum Gasteiger partial charge on any atom is 0.331 e. The van der Waals surface area contributed by atoms with E-state index in [-0.39, 0.29) is 11.6 Å². The highest BCUT2D eigenvalue weighted by Crippen LogP contribution is 2.29. The molecule has 1 N–H and O–H groups in total. The van der Waals surface area contributed by atoms with Crippen molar-refractivity contribution in [3.05, 3.63) is 88.8 Å². The summed E-state index contributed by atoms with van der Waals surface area (Å²) >= 11 is 0. The van der Waals surface area contributed by atoms with Crippen LogP contribution in [0.2, 0.25) is 0 Å². The molecular weight excluding hydrogens is 416 g/mol. The van der Waals surface area contributed by atoms with Crippen LogP contribution in [0.15, 0.2) is 77.6 Å². The smallest absolute Gasteiger partial charge is 0.331 e. The van der Waals surface area contributed by atoms with Crippen LogP contribution in [0, 0.1) is 0 Å². The average Bonchev–Trinajstić information content (AvgIpc) is 3.20. The Bertz CT molecular complexity index is 1330. The summed E-state index contributed by atoms with van der Waals surface area (Å²) in [4.78, 5) is 32.5. The lowest BCUT2D eigenvalue weighted by atomic mass is 10.1. The number of benzene rings is 3. The number of aromatic nitrogens is 2. The van der Waals surface area contributed by atoms with E-state index in [9.17, 15) is 9.59 Å². The number of aromatic amines is 1. The van der Waals surface area contributed by atoms with Crippen LogP contribution in [0.25, 0.3) is 16.7 Å². The van der Waals surface area contributed by atoms with E-state index < -0.39 is 0 Å². The number of H-pyrrole nitrogens is 1. The van der Waals surface area contributed by atoms with Crippen molar-refractivity contribution in [2.75, 3.05) is 37.7 Å². The summed E-state index contributed by atoms with van der Waals surface area (Å²) in [5.41, 5.74) is 3.82. The molecule has 0 spiro atoms. The number of rotatable bonds is 5. The SMILES string of the molecule is CCOc1ccccc1N1CCN(C(=O)c2ccc(-n3c(=O)[nH]c4ccccc43)cc2)CC1. The van der Waals surface area contributed by atoms with E-state index in [2.05, 4.69) is 16.0 Å². The number of imidazole rings is 1. The number of hydrogen-bond acceptors (Lipinski definition) is 4.